The van der Waals surface area contributed by atoms with Gasteiger partial charge in [0.15, 0.2) is 0 Å². The number of quaternary nitrogens is 1. The summed E-state index contributed by atoms with van der Waals surface area (Å²) in [4.78, 5) is 9.25. The van der Waals surface area contributed by atoms with E-state index < -0.39 is 5.97 Å². The van der Waals surface area contributed by atoms with Gasteiger partial charge in [0.2, 0.25) is 0 Å². The summed E-state index contributed by atoms with van der Waals surface area (Å²) in [6, 6.07) is 0. The molecule has 0 spiro atoms. The van der Waals surface area contributed by atoms with E-state index in [4.69, 9.17) is 5.11 Å². The van der Waals surface area contributed by atoms with Gasteiger partial charge in [-0.2, -0.15) is 0 Å². The van der Waals surface area contributed by atoms with Gasteiger partial charge in [0.25, 0.3) is 0 Å². The van der Waals surface area contributed by atoms with E-state index in [0.717, 1.165) is 23.6 Å². The molecular formula is C11H20ClNO2. The van der Waals surface area contributed by atoms with Gasteiger partial charge in [0, 0.05) is 6.08 Å². The van der Waals surface area contributed by atoms with Crippen LogP contribution < -0.4 is 12.4 Å². The topological polar surface area (TPSA) is 37.3 Å². The molecule has 0 unspecified atom stereocenters. The smallest absolute Gasteiger partial charge is 0.327 e. The summed E-state index contributed by atoms with van der Waals surface area (Å²) in [5.74, 6) is -0.981. The Kier molecular flexibility index (Phi) is 14.3. The standard InChI is InChI=1S/C8H16N.C3H4O2.ClH/c1-5-7-9(3,4)8-6-2;1-2-3(4)5;/h5-6H,1-2,7-8H2,3-4H3;2H,1H2,(H,4,5);1H/q+1;;/p-1. The van der Waals surface area contributed by atoms with Crippen molar-refractivity contribution in [1.82, 2.24) is 0 Å². The number of nitrogens with zero attached hydrogens (tertiary/aromatic N) is 1. The minimum atomic E-state index is -0.981. The molecule has 0 atom stereocenters. The molecule has 0 aliphatic rings. The van der Waals surface area contributed by atoms with Crippen molar-refractivity contribution in [3.8, 4) is 0 Å². The van der Waals surface area contributed by atoms with Gasteiger partial charge >= 0.3 is 5.97 Å². The lowest BCUT2D eigenvalue weighted by atomic mass is 10.4. The highest BCUT2D eigenvalue weighted by atomic mass is 35.5. The van der Waals surface area contributed by atoms with Gasteiger partial charge < -0.3 is 22.0 Å². The summed E-state index contributed by atoms with van der Waals surface area (Å²) in [5, 5.41) is 7.60. The van der Waals surface area contributed by atoms with Crippen LogP contribution in [0.4, 0.5) is 0 Å². The third kappa shape index (κ3) is 19.4. The number of carbonyl (C=O) groups is 1. The molecule has 3 nitrogen and oxygen atoms in total. The second-order valence-corrected chi connectivity index (χ2v) is 3.42. The highest BCUT2D eigenvalue weighted by Gasteiger charge is 2.07. The Morgan fingerprint density at radius 2 is 1.47 bits per heavy atom. The molecule has 0 heterocycles. The zero-order valence-corrected chi connectivity index (χ0v) is 10.2. The van der Waals surface area contributed by atoms with Crippen LogP contribution >= 0.6 is 0 Å². The molecule has 0 saturated carbocycles. The van der Waals surface area contributed by atoms with Crippen molar-refractivity contribution in [3.63, 3.8) is 0 Å². The van der Waals surface area contributed by atoms with Gasteiger partial charge in [-0.15, -0.1) is 0 Å². The number of carboxylic acid groups (broad SMARTS) is 1. The monoisotopic (exact) mass is 233 g/mol. The Bertz CT molecular complexity index is 201. The normalized spacial score (nSPS) is 8.67. The first-order valence-electron chi connectivity index (χ1n) is 4.28. The maximum atomic E-state index is 9.25. The number of hydrogen-bond donors (Lipinski definition) is 1. The average Bonchev–Trinajstić information content (AvgIpc) is 2.05. The van der Waals surface area contributed by atoms with Gasteiger partial charge in [0.1, 0.15) is 0 Å². The summed E-state index contributed by atoms with van der Waals surface area (Å²) in [7, 11) is 4.31. The summed E-state index contributed by atoms with van der Waals surface area (Å²) >= 11 is 0. The van der Waals surface area contributed by atoms with E-state index in [9.17, 15) is 4.79 Å². The number of hydrogen-bond acceptors (Lipinski definition) is 1. The van der Waals surface area contributed by atoms with Crippen molar-refractivity contribution < 1.29 is 26.8 Å². The molecule has 0 rings (SSSR count). The molecule has 0 aromatic heterocycles. The van der Waals surface area contributed by atoms with Gasteiger partial charge in [0.05, 0.1) is 27.2 Å². The van der Waals surface area contributed by atoms with Crippen molar-refractivity contribution in [2.24, 2.45) is 0 Å². The van der Waals surface area contributed by atoms with Crippen molar-refractivity contribution in [2.45, 2.75) is 0 Å². The quantitative estimate of drug-likeness (QED) is 0.364. The Hall–Kier alpha value is -1.06. The van der Waals surface area contributed by atoms with Crippen molar-refractivity contribution >= 4 is 5.97 Å². The third-order valence-electron chi connectivity index (χ3n) is 1.42. The summed E-state index contributed by atoms with van der Waals surface area (Å²) in [6.45, 7) is 12.3. The molecule has 0 bridgehead atoms. The van der Waals surface area contributed by atoms with E-state index in [0.29, 0.717) is 0 Å². The van der Waals surface area contributed by atoms with Crippen LogP contribution in [0.1, 0.15) is 0 Å². The number of halogens is 1. The minimum Gasteiger partial charge on any atom is -1.00 e. The van der Waals surface area contributed by atoms with Crippen LogP contribution in [0.5, 0.6) is 0 Å². The highest BCUT2D eigenvalue weighted by molar-refractivity contribution is 5.78. The lowest BCUT2D eigenvalue weighted by Gasteiger charge is -2.26. The predicted molar refractivity (Wildman–Crippen MR) is 60.1 cm³/mol. The lowest BCUT2D eigenvalue weighted by Crippen LogP contribution is -3.00. The molecule has 88 valence electrons. The van der Waals surface area contributed by atoms with Crippen LogP contribution in [-0.2, 0) is 4.79 Å². The first-order valence-corrected chi connectivity index (χ1v) is 4.28. The van der Waals surface area contributed by atoms with E-state index >= 15 is 0 Å². The first-order chi connectivity index (χ1) is 6.39. The Balaban J connectivity index is -0.000000208. The fraction of sp³-hybridized carbons (Fsp3) is 0.364. The second kappa shape index (κ2) is 11.0. The number of likely N-dealkylation sites (N-methyl/N-ethyl adjacent to an activating group) is 1. The first kappa shape index (κ1) is 19.5. The Labute approximate surface area is 98.4 Å². The lowest BCUT2D eigenvalue weighted by molar-refractivity contribution is -0.878. The maximum absolute atomic E-state index is 9.25. The Morgan fingerprint density at radius 3 is 1.60 bits per heavy atom. The van der Waals surface area contributed by atoms with E-state index in [1.54, 1.807) is 0 Å². The maximum Gasteiger partial charge on any atom is 0.327 e. The SMILES string of the molecule is C=CC(=O)O.C=CC[N+](C)(C)CC=C.[Cl-]. The summed E-state index contributed by atoms with van der Waals surface area (Å²) in [6.07, 6.45) is 4.70. The predicted octanol–water partition coefficient (Wildman–Crippen LogP) is -1.30. The molecule has 0 fully saturated rings. The Morgan fingerprint density at radius 1 is 1.20 bits per heavy atom. The van der Waals surface area contributed by atoms with E-state index in [-0.39, 0.29) is 12.4 Å². The number of aliphatic carboxylic acids is 1. The molecule has 0 aromatic rings. The van der Waals surface area contributed by atoms with Gasteiger partial charge in [-0.1, -0.05) is 19.7 Å². The van der Waals surface area contributed by atoms with Crippen LogP contribution in [-0.4, -0.2) is 42.7 Å². The molecule has 0 aliphatic carbocycles. The zero-order chi connectivity index (χ0) is 11.6. The third-order valence-corrected chi connectivity index (χ3v) is 1.42. The summed E-state index contributed by atoms with van der Waals surface area (Å²) < 4.78 is 0.951. The highest BCUT2D eigenvalue weighted by Crippen LogP contribution is 1.95. The van der Waals surface area contributed by atoms with Crippen molar-refractivity contribution in [1.29, 1.82) is 0 Å². The average molecular weight is 234 g/mol. The van der Waals surface area contributed by atoms with Gasteiger partial charge in [-0.3, -0.25) is 0 Å². The summed E-state index contributed by atoms with van der Waals surface area (Å²) in [5.41, 5.74) is 0. The largest absolute Gasteiger partial charge is 1.00 e. The molecule has 1 N–H and O–H groups in total. The number of rotatable bonds is 5. The van der Waals surface area contributed by atoms with Crippen molar-refractivity contribution in [3.05, 3.63) is 38.0 Å². The molecular weight excluding hydrogens is 214 g/mol. The second-order valence-electron chi connectivity index (χ2n) is 3.42. The van der Waals surface area contributed by atoms with Crippen LogP contribution in [0.3, 0.4) is 0 Å². The molecule has 4 heteroatoms. The number of carboxylic acids is 1. The fourth-order valence-corrected chi connectivity index (χ4v) is 0.774. The van der Waals surface area contributed by atoms with E-state index in [2.05, 4.69) is 33.8 Å². The molecule has 0 amide bonds. The van der Waals surface area contributed by atoms with Crippen LogP contribution in [0.25, 0.3) is 0 Å². The molecule has 0 radical (unpaired) electrons. The van der Waals surface area contributed by atoms with E-state index in [1.807, 2.05) is 12.2 Å². The van der Waals surface area contributed by atoms with Crippen molar-refractivity contribution in [2.75, 3.05) is 27.2 Å². The molecule has 15 heavy (non-hydrogen) atoms. The minimum absolute atomic E-state index is 0. The van der Waals surface area contributed by atoms with Crippen LogP contribution in [0.2, 0.25) is 0 Å². The van der Waals surface area contributed by atoms with E-state index in [1.165, 1.54) is 0 Å². The van der Waals surface area contributed by atoms with Gasteiger partial charge in [-0.05, 0) is 12.2 Å². The molecule has 0 aliphatic heterocycles. The van der Waals surface area contributed by atoms with Crippen LogP contribution in [0, 0.1) is 0 Å². The molecule has 0 aromatic carbocycles. The van der Waals surface area contributed by atoms with Crippen LogP contribution in [0.15, 0.2) is 38.0 Å². The zero-order valence-electron chi connectivity index (χ0n) is 9.45. The molecule has 0 saturated heterocycles. The van der Waals surface area contributed by atoms with Gasteiger partial charge in [-0.25, -0.2) is 4.79 Å². The fourth-order valence-electron chi connectivity index (χ4n) is 0.774.